The zero-order chi connectivity index (χ0) is 9.80. The number of carbonyl (C=O) groups excluding carboxylic acids is 1. The second kappa shape index (κ2) is 4.71. The van der Waals surface area contributed by atoms with Gasteiger partial charge < -0.3 is 5.32 Å². The van der Waals surface area contributed by atoms with E-state index >= 15 is 0 Å². The molecule has 1 saturated heterocycles. The van der Waals surface area contributed by atoms with Gasteiger partial charge in [0.05, 0.1) is 0 Å². The number of ketones is 1. The van der Waals surface area contributed by atoms with E-state index in [0.29, 0.717) is 18.1 Å². The standard InChI is InChI=1S/C11H15NOS/c13-10(6-9-3-4-12-8-9)7-11-2-1-5-14-11/h1-2,5,9,12H,3-4,6-8H2. The van der Waals surface area contributed by atoms with Crippen molar-refractivity contribution in [3.8, 4) is 0 Å². The fourth-order valence-electron chi connectivity index (χ4n) is 1.89. The van der Waals surface area contributed by atoms with Crippen molar-refractivity contribution < 1.29 is 4.79 Å². The van der Waals surface area contributed by atoms with E-state index in [-0.39, 0.29) is 0 Å². The van der Waals surface area contributed by atoms with Crippen LogP contribution in [0.5, 0.6) is 0 Å². The summed E-state index contributed by atoms with van der Waals surface area (Å²) in [5.41, 5.74) is 0. The van der Waals surface area contributed by atoms with Crippen LogP contribution >= 0.6 is 11.3 Å². The summed E-state index contributed by atoms with van der Waals surface area (Å²) in [6.45, 7) is 2.10. The predicted molar refractivity (Wildman–Crippen MR) is 58.6 cm³/mol. The van der Waals surface area contributed by atoms with Crippen LogP contribution in [0.25, 0.3) is 0 Å². The van der Waals surface area contributed by atoms with E-state index in [9.17, 15) is 4.79 Å². The maximum atomic E-state index is 11.6. The fourth-order valence-corrected chi connectivity index (χ4v) is 2.62. The number of Topliss-reactive ketones (excluding diaryl/α,β-unsaturated/α-hetero) is 1. The molecule has 0 radical (unpaired) electrons. The molecule has 1 aromatic rings. The lowest BCUT2D eigenvalue weighted by Crippen LogP contribution is -2.13. The summed E-state index contributed by atoms with van der Waals surface area (Å²) >= 11 is 1.67. The SMILES string of the molecule is O=C(Cc1cccs1)CC1CCNC1. The third kappa shape index (κ3) is 2.66. The molecule has 1 aliphatic heterocycles. The van der Waals surface area contributed by atoms with Crippen molar-refractivity contribution in [3.63, 3.8) is 0 Å². The van der Waals surface area contributed by atoms with E-state index in [1.54, 1.807) is 11.3 Å². The molecule has 2 rings (SSSR count). The molecule has 0 amide bonds. The Kier molecular flexibility index (Phi) is 3.32. The van der Waals surface area contributed by atoms with Crippen molar-refractivity contribution >= 4 is 17.1 Å². The highest BCUT2D eigenvalue weighted by molar-refractivity contribution is 7.10. The van der Waals surface area contributed by atoms with Crippen LogP contribution in [-0.4, -0.2) is 18.9 Å². The number of hydrogen-bond acceptors (Lipinski definition) is 3. The van der Waals surface area contributed by atoms with Gasteiger partial charge in [-0.3, -0.25) is 4.79 Å². The summed E-state index contributed by atoms with van der Waals surface area (Å²) in [5.74, 6) is 0.976. The monoisotopic (exact) mass is 209 g/mol. The largest absolute Gasteiger partial charge is 0.316 e. The Labute approximate surface area is 88.3 Å². The first-order valence-corrected chi connectivity index (χ1v) is 5.97. The van der Waals surface area contributed by atoms with Crippen molar-refractivity contribution in [3.05, 3.63) is 22.4 Å². The van der Waals surface area contributed by atoms with Crippen molar-refractivity contribution in [1.82, 2.24) is 5.32 Å². The number of rotatable bonds is 4. The molecular formula is C11H15NOS. The van der Waals surface area contributed by atoms with Gasteiger partial charge in [0.1, 0.15) is 5.78 Å². The average molecular weight is 209 g/mol. The van der Waals surface area contributed by atoms with Gasteiger partial charge in [-0.05, 0) is 36.9 Å². The van der Waals surface area contributed by atoms with E-state index in [0.717, 1.165) is 25.9 Å². The summed E-state index contributed by atoms with van der Waals surface area (Å²) in [4.78, 5) is 12.8. The summed E-state index contributed by atoms with van der Waals surface area (Å²) < 4.78 is 0. The van der Waals surface area contributed by atoms with E-state index < -0.39 is 0 Å². The molecule has 1 fully saturated rings. The molecule has 2 nitrogen and oxygen atoms in total. The molecule has 1 aliphatic rings. The topological polar surface area (TPSA) is 29.1 Å². The minimum absolute atomic E-state index is 0.390. The molecule has 1 N–H and O–H groups in total. The molecule has 1 aromatic heterocycles. The second-order valence-electron chi connectivity index (χ2n) is 3.86. The molecule has 3 heteroatoms. The predicted octanol–water partition coefficient (Wildman–Crippen LogP) is 1.86. The summed E-state index contributed by atoms with van der Waals surface area (Å²) in [6, 6.07) is 4.04. The molecule has 0 aliphatic carbocycles. The van der Waals surface area contributed by atoms with Crippen molar-refractivity contribution in [2.45, 2.75) is 19.3 Å². The molecule has 1 atom stereocenters. The van der Waals surface area contributed by atoms with Crippen LogP contribution in [0.2, 0.25) is 0 Å². The highest BCUT2D eigenvalue weighted by Crippen LogP contribution is 2.16. The normalized spacial score (nSPS) is 21.3. The van der Waals surface area contributed by atoms with E-state index in [1.807, 2.05) is 17.5 Å². The Hall–Kier alpha value is -0.670. The quantitative estimate of drug-likeness (QED) is 0.820. The first kappa shape index (κ1) is 9.87. The number of thiophene rings is 1. The Bertz CT molecular complexity index is 288. The van der Waals surface area contributed by atoms with Crippen LogP contribution in [-0.2, 0) is 11.2 Å². The molecule has 0 spiro atoms. The third-order valence-electron chi connectivity index (χ3n) is 2.63. The van der Waals surface area contributed by atoms with Gasteiger partial charge in [0, 0.05) is 17.7 Å². The van der Waals surface area contributed by atoms with Crippen LogP contribution in [0.3, 0.4) is 0 Å². The second-order valence-corrected chi connectivity index (χ2v) is 4.89. The van der Waals surface area contributed by atoms with Gasteiger partial charge >= 0.3 is 0 Å². The molecule has 0 saturated carbocycles. The average Bonchev–Trinajstić information content (AvgIpc) is 2.76. The molecule has 14 heavy (non-hydrogen) atoms. The lowest BCUT2D eigenvalue weighted by atomic mass is 10.00. The third-order valence-corrected chi connectivity index (χ3v) is 3.51. The lowest BCUT2D eigenvalue weighted by molar-refractivity contribution is -0.119. The molecule has 2 heterocycles. The molecule has 1 unspecified atom stereocenters. The van der Waals surface area contributed by atoms with Gasteiger partial charge in [0.2, 0.25) is 0 Å². The van der Waals surface area contributed by atoms with Crippen molar-refractivity contribution in [2.75, 3.05) is 13.1 Å². The Morgan fingerprint density at radius 2 is 2.57 bits per heavy atom. The molecule has 76 valence electrons. The minimum Gasteiger partial charge on any atom is -0.316 e. The smallest absolute Gasteiger partial charge is 0.138 e. The van der Waals surface area contributed by atoms with Gasteiger partial charge in [-0.2, -0.15) is 0 Å². The molecule has 0 aromatic carbocycles. The first-order chi connectivity index (χ1) is 6.84. The van der Waals surface area contributed by atoms with Crippen LogP contribution in [0.4, 0.5) is 0 Å². The highest BCUT2D eigenvalue weighted by atomic mass is 32.1. The van der Waals surface area contributed by atoms with Gasteiger partial charge in [0.25, 0.3) is 0 Å². The summed E-state index contributed by atoms with van der Waals surface area (Å²) in [7, 11) is 0. The highest BCUT2D eigenvalue weighted by Gasteiger charge is 2.18. The van der Waals surface area contributed by atoms with Crippen molar-refractivity contribution in [1.29, 1.82) is 0 Å². The van der Waals surface area contributed by atoms with Crippen molar-refractivity contribution in [2.24, 2.45) is 5.92 Å². The lowest BCUT2D eigenvalue weighted by Gasteiger charge is -2.05. The van der Waals surface area contributed by atoms with E-state index in [2.05, 4.69) is 5.32 Å². The number of nitrogens with one attached hydrogen (secondary N) is 1. The van der Waals surface area contributed by atoms with Crippen LogP contribution in [0.1, 0.15) is 17.7 Å². The van der Waals surface area contributed by atoms with E-state index in [4.69, 9.17) is 0 Å². The molecule has 0 bridgehead atoms. The maximum absolute atomic E-state index is 11.6. The zero-order valence-electron chi connectivity index (χ0n) is 8.16. The minimum atomic E-state index is 0.390. The van der Waals surface area contributed by atoms with Gasteiger partial charge in [-0.15, -0.1) is 11.3 Å². The number of hydrogen-bond donors (Lipinski definition) is 1. The van der Waals surface area contributed by atoms with Gasteiger partial charge in [-0.25, -0.2) is 0 Å². The Morgan fingerprint density at radius 1 is 1.64 bits per heavy atom. The maximum Gasteiger partial charge on any atom is 0.138 e. The summed E-state index contributed by atoms with van der Waals surface area (Å²) in [6.07, 6.45) is 2.55. The Morgan fingerprint density at radius 3 is 3.21 bits per heavy atom. The first-order valence-electron chi connectivity index (χ1n) is 5.09. The summed E-state index contributed by atoms with van der Waals surface area (Å²) in [5, 5.41) is 5.31. The van der Waals surface area contributed by atoms with Crippen LogP contribution < -0.4 is 5.32 Å². The number of carbonyl (C=O) groups is 1. The zero-order valence-corrected chi connectivity index (χ0v) is 8.98. The van der Waals surface area contributed by atoms with Gasteiger partial charge in [-0.1, -0.05) is 6.07 Å². The van der Waals surface area contributed by atoms with E-state index in [1.165, 1.54) is 4.88 Å². The van der Waals surface area contributed by atoms with Crippen LogP contribution in [0, 0.1) is 5.92 Å². The van der Waals surface area contributed by atoms with Gasteiger partial charge in [0.15, 0.2) is 0 Å². The Balaban J connectivity index is 1.78. The fraction of sp³-hybridized carbons (Fsp3) is 0.545. The molecular weight excluding hydrogens is 194 g/mol. The van der Waals surface area contributed by atoms with Crippen LogP contribution in [0.15, 0.2) is 17.5 Å².